The molecule has 1 heterocycles. The van der Waals surface area contributed by atoms with Crippen molar-refractivity contribution in [2.24, 2.45) is 0 Å². The predicted octanol–water partition coefficient (Wildman–Crippen LogP) is 5.77. The number of pyridine rings is 1. The van der Waals surface area contributed by atoms with E-state index in [1.165, 1.54) is 0 Å². The summed E-state index contributed by atoms with van der Waals surface area (Å²) in [7, 11) is 1.67. The van der Waals surface area contributed by atoms with Crippen molar-refractivity contribution in [3.63, 3.8) is 0 Å². The van der Waals surface area contributed by atoms with Gasteiger partial charge >= 0.3 is 0 Å². The maximum absolute atomic E-state index is 12.7. The second kappa shape index (κ2) is 9.67. The van der Waals surface area contributed by atoms with E-state index in [0.29, 0.717) is 34.9 Å². The van der Waals surface area contributed by atoms with Crippen LogP contribution in [0.15, 0.2) is 65.1 Å². The number of carbonyl (C=O) groups is 1. The summed E-state index contributed by atoms with van der Waals surface area (Å²) >= 11 is 3.43. The minimum absolute atomic E-state index is 0.0783. The number of aromatic nitrogens is 1. The lowest BCUT2D eigenvalue weighted by Gasteiger charge is -2.12. The number of benzene rings is 2. The number of nitrogens with one attached hydrogen (secondary N) is 1. The van der Waals surface area contributed by atoms with Crippen LogP contribution in [0.2, 0.25) is 0 Å². The van der Waals surface area contributed by atoms with Crippen LogP contribution in [0, 0.1) is 6.92 Å². The number of halogens is 1. The molecule has 0 aliphatic carbocycles. The summed E-state index contributed by atoms with van der Waals surface area (Å²) in [6, 6.07) is 18.5. The van der Waals surface area contributed by atoms with Crippen LogP contribution in [0.5, 0.6) is 11.5 Å². The number of rotatable bonds is 7. The van der Waals surface area contributed by atoms with E-state index in [1.54, 1.807) is 19.2 Å². The van der Waals surface area contributed by atoms with Crippen molar-refractivity contribution in [3.8, 4) is 11.5 Å². The number of carbonyl (C=O) groups excluding carboxylic acids is 1. The molecule has 5 nitrogen and oxygen atoms in total. The fourth-order valence-corrected chi connectivity index (χ4v) is 3.23. The van der Waals surface area contributed by atoms with Crippen LogP contribution < -0.4 is 10.1 Å². The minimum atomic E-state index is -0.207. The van der Waals surface area contributed by atoms with Crippen LogP contribution in [-0.2, 0) is 11.2 Å². The molecule has 0 aliphatic heterocycles. The summed E-state index contributed by atoms with van der Waals surface area (Å²) in [6.45, 7) is 3.82. The Morgan fingerprint density at radius 2 is 1.83 bits per heavy atom. The average molecular weight is 455 g/mol. The molecule has 3 rings (SSSR count). The zero-order valence-corrected chi connectivity index (χ0v) is 18.2. The maximum atomic E-state index is 12.7. The molecule has 0 saturated carbocycles. The molecule has 0 radical (unpaired) electrons. The summed E-state index contributed by atoms with van der Waals surface area (Å²) in [5.41, 5.74) is 2.78. The third-order valence-electron chi connectivity index (χ3n) is 4.41. The molecule has 0 aliphatic rings. The number of methoxy groups -OCH3 is 1. The Hall–Kier alpha value is -2.70. The first kappa shape index (κ1) is 21.0. The van der Waals surface area contributed by atoms with Crippen LogP contribution in [0.4, 0.5) is 5.69 Å². The van der Waals surface area contributed by atoms with Gasteiger partial charge in [0, 0.05) is 35.5 Å². The highest BCUT2D eigenvalue weighted by atomic mass is 79.9. The van der Waals surface area contributed by atoms with E-state index in [9.17, 15) is 4.79 Å². The largest absolute Gasteiger partial charge is 0.457 e. The Bertz CT molecular complexity index is 1010. The molecule has 150 valence electrons. The summed E-state index contributed by atoms with van der Waals surface area (Å²) in [6.07, 6.45) is 0.781. The predicted molar refractivity (Wildman–Crippen MR) is 118 cm³/mol. The topological polar surface area (TPSA) is 60.5 Å². The molecule has 0 saturated heterocycles. The molecule has 1 atom stereocenters. The van der Waals surface area contributed by atoms with Crippen molar-refractivity contribution >= 4 is 27.5 Å². The lowest BCUT2D eigenvalue weighted by Crippen LogP contribution is -2.16. The fraction of sp³-hybridized carbons (Fsp3) is 0.217. The van der Waals surface area contributed by atoms with Crippen molar-refractivity contribution < 1.29 is 14.3 Å². The standard InChI is InChI=1S/C23H23BrN2O3/c1-15(28-3)12-19-10-11-22(16(2)25-19)23(27)26-18-7-5-9-21(14-18)29-20-8-4-6-17(24)13-20/h4-11,13-15H,12H2,1-3H3,(H,26,27). The summed E-state index contributed by atoms with van der Waals surface area (Å²) in [4.78, 5) is 17.3. The number of ether oxygens (including phenoxy) is 2. The van der Waals surface area contributed by atoms with Crippen LogP contribution in [0.25, 0.3) is 0 Å². The zero-order valence-electron chi connectivity index (χ0n) is 16.6. The van der Waals surface area contributed by atoms with E-state index < -0.39 is 0 Å². The van der Waals surface area contributed by atoms with Gasteiger partial charge in [-0.15, -0.1) is 0 Å². The first-order valence-electron chi connectivity index (χ1n) is 9.29. The smallest absolute Gasteiger partial charge is 0.257 e. The number of hydrogen-bond acceptors (Lipinski definition) is 4. The summed E-state index contributed by atoms with van der Waals surface area (Å²) in [5.74, 6) is 1.14. The van der Waals surface area contributed by atoms with Gasteiger partial charge in [0.1, 0.15) is 11.5 Å². The van der Waals surface area contributed by atoms with Gasteiger partial charge in [-0.3, -0.25) is 9.78 Å². The summed E-state index contributed by atoms with van der Waals surface area (Å²) < 4.78 is 12.1. The maximum Gasteiger partial charge on any atom is 0.257 e. The number of aryl methyl sites for hydroxylation is 1. The van der Waals surface area contributed by atoms with Crippen LogP contribution >= 0.6 is 15.9 Å². The highest BCUT2D eigenvalue weighted by molar-refractivity contribution is 9.10. The highest BCUT2D eigenvalue weighted by Crippen LogP contribution is 2.26. The van der Waals surface area contributed by atoms with Gasteiger partial charge in [0.15, 0.2) is 0 Å². The van der Waals surface area contributed by atoms with E-state index in [2.05, 4.69) is 26.2 Å². The Labute approximate surface area is 179 Å². The van der Waals surface area contributed by atoms with E-state index in [4.69, 9.17) is 9.47 Å². The van der Waals surface area contributed by atoms with Crippen molar-refractivity contribution in [3.05, 3.63) is 82.1 Å². The van der Waals surface area contributed by atoms with Gasteiger partial charge in [0.05, 0.1) is 17.4 Å². The highest BCUT2D eigenvalue weighted by Gasteiger charge is 2.13. The molecule has 3 aromatic rings. The van der Waals surface area contributed by atoms with Gasteiger partial charge in [0.25, 0.3) is 5.91 Å². The Morgan fingerprint density at radius 1 is 1.10 bits per heavy atom. The van der Waals surface area contributed by atoms with Crippen LogP contribution in [0.1, 0.15) is 28.7 Å². The first-order valence-corrected chi connectivity index (χ1v) is 10.1. The van der Waals surface area contributed by atoms with E-state index >= 15 is 0 Å². The second-order valence-electron chi connectivity index (χ2n) is 6.73. The van der Waals surface area contributed by atoms with E-state index in [0.717, 1.165) is 10.2 Å². The molecule has 2 aromatic carbocycles. The Kier molecular flexibility index (Phi) is 7.01. The van der Waals surface area contributed by atoms with Crippen molar-refractivity contribution in [1.82, 2.24) is 4.98 Å². The van der Waals surface area contributed by atoms with Gasteiger partial charge < -0.3 is 14.8 Å². The van der Waals surface area contributed by atoms with E-state index in [-0.39, 0.29) is 12.0 Å². The lowest BCUT2D eigenvalue weighted by molar-refractivity contribution is 0.102. The molecule has 1 amide bonds. The van der Waals surface area contributed by atoms with Gasteiger partial charge in [-0.25, -0.2) is 0 Å². The SMILES string of the molecule is COC(C)Cc1ccc(C(=O)Nc2cccc(Oc3cccc(Br)c3)c2)c(C)n1. The number of hydrogen-bond donors (Lipinski definition) is 1. The van der Waals surface area contributed by atoms with E-state index in [1.807, 2.05) is 62.4 Å². The molecule has 29 heavy (non-hydrogen) atoms. The van der Waals surface area contributed by atoms with Crippen LogP contribution in [0.3, 0.4) is 0 Å². The molecule has 0 bridgehead atoms. The van der Waals surface area contributed by atoms with Crippen molar-refractivity contribution in [1.29, 1.82) is 0 Å². The Morgan fingerprint density at radius 3 is 2.52 bits per heavy atom. The van der Waals surface area contributed by atoms with Crippen molar-refractivity contribution in [2.45, 2.75) is 26.4 Å². The first-order chi connectivity index (χ1) is 13.9. The number of nitrogens with zero attached hydrogens (tertiary/aromatic N) is 1. The monoisotopic (exact) mass is 454 g/mol. The second-order valence-corrected chi connectivity index (χ2v) is 7.64. The Balaban J connectivity index is 1.70. The number of amides is 1. The lowest BCUT2D eigenvalue weighted by atomic mass is 10.1. The zero-order chi connectivity index (χ0) is 20.8. The normalized spacial score (nSPS) is 11.7. The molecule has 1 unspecified atom stereocenters. The molecule has 6 heteroatoms. The minimum Gasteiger partial charge on any atom is -0.457 e. The van der Waals surface area contributed by atoms with Crippen LogP contribution in [-0.4, -0.2) is 24.1 Å². The average Bonchev–Trinajstić information content (AvgIpc) is 2.68. The van der Waals surface area contributed by atoms with Crippen molar-refractivity contribution in [2.75, 3.05) is 12.4 Å². The molecule has 0 spiro atoms. The quantitative estimate of drug-likeness (QED) is 0.491. The third kappa shape index (κ3) is 5.89. The molecule has 1 N–H and O–H groups in total. The molecule has 1 aromatic heterocycles. The van der Waals surface area contributed by atoms with Gasteiger partial charge in [-0.2, -0.15) is 0 Å². The third-order valence-corrected chi connectivity index (χ3v) is 4.90. The van der Waals surface area contributed by atoms with Gasteiger partial charge in [0.2, 0.25) is 0 Å². The molecular weight excluding hydrogens is 432 g/mol. The molecular formula is C23H23BrN2O3. The molecule has 0 fully saturated rings. The fourth-order valence-electron chi connectivity index (χ4n) is 2.85. The van der Waals surface area contributed by atoms with Gasteiger partial charge in [-0.1, -0.05) is 28.1 Å². The van der Waals surface area contributed by atoms with Gasteiger partial charge in [-0.05, 0) is 56.3 Å². The number of anilines is 1. The summed E-state index contributed by atoms with van der Waals surface area (Å²) in [5, 5.41) is 2.92.